The molecule has 0 aliphatic heterocycles. The molecule has 0 radical (unpaired) electrons. The Balaban J connectivity index is 2.87. The summed E-state index contributed by atoms with van der Waals surface area (Å²) < 4.78 is 6.01. The van der Waals surface area contributed by atoms with Gasteiger partial charge in [-0.2, -0.15) is 0 Å². The first kappa shape index (κ1) is 7.61. The first-order chi connectivity index (χ1) is 5.68. The molecule has 1 aromatic heterocycles. The zero-order valence-corrected chi connectivity index (χ0v) is 8.05. The third-order valence-corrected chi connectivity index (χ3v) is 2.63. The molecule has 2 rings (SSSR count). The van der Waals surface area contributed by atoms with Crippen LogP contribution in [0.2, 0.25) is 0 Å². The van der Waals surface area contributed by atoms with Crippen LogP contribution in [-0.2, 0) is 0 Å². The van der Waals surface area contributed by atoms with Gasteiger partial charge in [0.15, 0.2) is 11.4 Å². The highest BCUT2D eigenvalue weighted by atomic mass is 79.9. The monoisotopic (exact) mass is 226 g/mol. The van der Waals surface area contributed by atoms with E-state index < -0.39 is 0 Å². The number of nitrogen functional groups attached to an aromatic ring is 1. The number of nitrogens with two attached hydrogens (primary N) is 1. The average molecular weight is 227 g/mol. The molecule has 0 saturated carbocycles. The quantitative estimate of drug-likeness (QED) is 0.752. The highest BCUT2D eigenvalue weighted by Gasteiger charge is 2.06. The molecular weight excluding hydrogens is 220 g/mol. The van der Waals surface area contributed by atoms with E-state index in [0.29, 0.717) is 5.82 Å². The molecule has 62 valence electrons. The molecule has 0 bridgehead atoms. The normalized spacial score (nSPS) is 10.8. The lowest BCUT2D eigenvalue weighted by Gasteiger charge is -1.95. The summed E-state index contributed by atoms with van der Waals surface area (Å²) in [7, 11) is 0. The number of aromatic nitrogens is 1. The van der Waals surface area contributed by atoms with Crippen molar-refractivity contribution in [1.82, 2.24) is 5.16 Å². The van der Waals surface area contributed by atoms with E-state index in [1.54, 1.807) is 0 Å². The Kier molecular flexibility index (Phi) is 1.58. The number of nitrogens with zero attached hydrogens (tertiary/aromatic N) is 1. The fourth-order valence-electron chi connectivity index (χ4n) is 1.08. The van der Waals surface area contributed by atoms with E-state index in [0.717, 1.165) is 21.0 Å². The molecule has 0 aliphatic rings. The maximum absolute atomic E-state index is 5.57. The van der Waals surface area contributed by atoms with Crippen molar-refractivity contribution in [3.05, 3.63) is 22.2 Å². The van der Waals surface area contributed by atoms with Gasteiger partial charge < -0.3 is 10.3 Å². The number of halogens is 1. The van der Waals surface area contributed by atoms with Gasteiger partial charge in [0.25, 0.3) is 0 Å². The minimum absolute atomic E-state index is 0.436. The molecule has 1 aromatic carbocycles. The van der Waals surface area contributed by atoms with Crippen molar-refractivity contribution in [2.24, 2.45) is 0 Å². The molecular formula is C8H7BrN2O. The van der Waals surface area contributed by atoms with Crippen LogP contribution in [-0.4, -0.2) is 5.16 Å². The van der Waals surface area contributed by atoms with Crippen LogP contribution in [0, 0.1) is 6.92 Å². The van der Waals surface area contributed by atoms with Crippen molar-refractivity contribution in [2.75, 3.05) is 5.73 Å². The van der Waals surface area contributed by atoms with Crippen LogP contribution in [0.1, 0.15) is 5.56 Å². The van der Waals surface area contributed by atoms with E-state index in [1.807, 2.05) is 19.1 Å². The van der Waals surface area contributed by atoms with Gasteiger partial charge in [-0.15, -0.1) is 0 Å². The summed E-state index contributed by atoms with van der Waals surface area (Å²) in [6, 6.07) is 3.82. The third kappa shape index (κ3) is 0.992. The first-order valence-electron chi connectivity index (χ1n) is 3.49. The second-order valence-electron chi connectivity index (χ2n) is 2.67. The van der Waals surface area contributed by atoms with Gasteiger partial charge >= 0.3 is 0 Å². The molecule has 0 atom stereocenters. The maximum Gasteiger partial charge on any atom is 0.174 e. The zero-order valence-electron chi connectivity index (χ0n) is 6.47. The predicted octanol–water partition coefficient (Wildman–Crippen LogP) is 2.48. The fourth-order valence-corrected chi connectivity index (χ4v) is 1.42. The standard InChI is InChI=1S/C8H7BrN2O/c1-4-2-7-5(3-6(4)9)8(10)11-12-7/h2-3H,1H3,(H2,10,11). The number of hydrogen-bond donors (Lipinski definition) is 1. The Hall–Kier alpha value is -1.03. The Morgan fingerprint density at radius 3 is 3.00 bits per heavy atom. The van der Waals surface area contributed by atoms with Crippen LogP contribution >= 0.6 is 15.9 Å². The van der Waals surface area contributed by atoms with Gasteiger partial charge in [0.05, 0.1) is 5.39 Å². The van der Waals surface area contributed by atoms with Gasteiger partial charge in [-0.3, -0.25) is 0 Å². The lowest BCUT2D eigenvalue weighted by atomic mass is 10.2. The number of benzene rings is 1. The Morgan fingerprint density at radius 2 is 2.25 bits per heavy atom. The largest absolute Gasteiger partial charge is 0.380 e. The summed E-state index contributed by atoms with van der Waals surface area (Å²) in [5, 5.41) is 4.51. The van der Waals surface area contributed by atoms with Crippen molar-refractivity contribution < 1.29 is 4.52 Å². The van der Waals surface area contributed by atoms with E-state index >= 15 is 0 Å². The van der Waals surface area contributed by atoms with Crippen molar-refractivity contribution in [3.63, 3.8) is 0 Å². The fraction of sp³-hybridized carbons (Fsp3) is 0.125. The Bertz CT molecular complexity index is 436. The van der Waals surface area contributed by atoms with Gasteiger partial charge in [0, 0.05) is 4.47 Å². The van der Waals surface area contributed by atoms with E-state index in [2.05, 4.69) is 21.1 Å². The molecule has 12 heavy (non-hydrogen) atoms. The third-order valence-electron chi connectivity index (χ3n) is 1.78. The van der Waals surface area contributed by atoms with Crippen molar-refractivity contribution >= 4 is 32.7 Å². The highest BCUT2D eigenvalue weighted by molar-refractivity contribution is 9.10. The van der Waals surface area contributed by atoms with Crippen LogP contribution in [0.3, 0.4) is 0 Å². The molecule has 0 saturated heterocycles. The van der Waals surface area contributed by atoms with Gasteiger partial charge in [-0.05, 0) is 24.6 Å². The maximum atomic E-state index is 5.57. The summed E-state index contributed by atoms with van der Waals surface area (Å²) >= 11 is 3.41. The zero-order chi connectivity index (χ0) is 8.72. The van der Waals surface area contributed by atoms with Crippen LogP contribution in [0.4, 0.5) is 5.82 Å². The molecule has 0 fully saturated rings. The van der Waals surface area contributed by atoms with E-state index in [9.17, 15) is 0 Å². The number of hydrogen-bond acceptors (Lipinski definition) is 3. The van der Waals surface area contributed by atoms with Crippen molar-refractivity contribution in [1.29, 1.82) is 0 Å². The van der Waals surface area contributed by atoms with Crippen LogP contribution in [0.25, 0.3) is 11.0 Å². The molecule has 4 heteroatoms. The summed E-state index contributed by atoms with van der Waals surface area (Å²) in [5.74, 6) is 0.436. The summed E-state index contributed by atoms with van der Waals surface area (Å²) in [5.41, 5.74) is 7.41. The van der Waals surface area contributed by atoms with E-state index in [4.69, 9.17) is 10.3 Å². The number of rotatable bonds is 0. The molecule has 0 amide bonds. The smallest absolute Gasteiger partial charge is 0.174 e. The molecule has 0 aliphatic carbocycles. The number of aryl methyl sites for hydroxylation is 1. The Morgan fingerprint density at radius 1 is 1.50 bits per heavy atom. The topological polar surface area (TPSA) is 52.0 Å². The van der Waals surface area contributed by atoms with Gasteiger partial charge in [-0.1, -0.05) is 21.1 Å². The summed E-state index contributed by atoms with van der Waals surface area (Å²) in [6.07, 6.45) is 0. The van der Waals surface area contributed by atoms with E-state index in [1.165, 1.54) is 0 Å². The lowest BCUT2D eigenvalue weighted by Crippen LogP contribution is -1.83. The molecule has 3 nitrogen and oxygen atoms in total. The van der Waals surface area contributed by atoms with Gasteiger partial charge in [0.1, 0.15) is 0 Å². The van der Waals surface area contributed by atoms with E-state index in [-0.39, 0.29) is 0 Å². The first-order valence-corrected chi connectivity index (χ1v) is 4.29. The molecule has 0 spiro atoms. The van der Waals surface area contributed by atoms with Crippen molar-refractivity contribution in [3.8, 4) is 0 Å². The van der Waals surface area contributed by atoms with Crippen LogP contribution in [0.5, 0.6) is 0 Å². The number of anilines is 1. The second kappa shape index (κ2) is 2.48. The van der Waals surface area contributed by atoms with Crippen LogP contribution < -0.4 is 5.73 Å². The second-order valence-corrected chi connectivity index (χ2v) is 3.52. The van der Waals surface area contributed by atoms with Crippen LogP contribution in [0.15, 0.2) is 21.1 Å². The molecule has 2 N–H and O–H groups in total. The Labute approximate surface area is 77.7 Å². The summed E-state index contributed by atoms with van der Waals surface area (Å²) in [4.78, 5) is 0. The minimum atomic E-state index is 0.436. The molecule has 0 unspecified atom stereocenters. The predicted molar refractivity (Wildman–Crippen MR) is 50.9 cm³/mol. The highest BCUT2D eigenvalue weighted by Crippen LogP contribution is 2.27. The summed E-state index contributed by atoms with van der Waals surface area (Å²) in [6.45, 7) is 1.99. The minimum Gasteiger partial charge on any atom is -0.380 e. The lowest BCUT2D eigenvalue weighted by molar-refractivity contribution is 0.460. The SMILES string of the molecule is Cc1cc2onc(N)c2cc1Br. The number of fused-ring (bicyclic) bond motifs is 1. The average Bonchev–Trinajstić information content (AvgIpc) is 2.35. The molecule has 2 aromatic rings. The molecule has 1 heterocycles. The van der Waals surface area contributed by atoms with Gasteiger partial charge in [0.2, 0.25) is 0 Å². The van der Waals surface area contributed by atoms with Crippen molar-refractivity contribution in [2.45, 2.75) is 6.92 Å². The van der Waals surface area contributed by atoms with Gasteiger partial charge in [-0.25, -0.2) is 0 Å².